The Kier molecular flexibility index (Phi) is 1.89. The van der Waals surface area contributed by atoms with E-state index in [1.54, 1.807) is 4.68 Å². The van der Waals surface area contributed by atoms with E-state index in [0.29, 0.717) is 18.9 Å². The average molecular weight is 182 g/mol. The summed E-state index contributed by atoms with van der Waals surface area (Å²) < 4.78 is 6.93. The molecule has 1 fully saturated rings. The van der Waals surface area contributed by atoms with Gasteiger partial charge in [0.15, 0.2) is 0 Å². The number of nitrogens with zero attached hydrogens (tertiary/aromatic N) is 2. The average Bonchev–Trinajstić information content (AvgIpc) is 2.62. The minimum Gasteiger partial charge on any atom is -0.381 e. The van der Waals surface area contributed by atoms with Crippen LogP contribution in [0.2, 0.25) is 0 Å². The van der Waals surface area contributed by atoms with Gasteiger partial charge in [-0.1, -0.05) is 6.92 Å². The fourth-order valence-corrected chi connectivity index (χ4v) is 1.64. The molecule has 4 heteroatoms. The first-order valence-corrected chi connectivity index (χ1v) is 4.43. The topological polar surface area (TPSA) is 47.3 Å². The van der Waals surface area contributed by atoms with E-state index in [9.17, 15) is 5.11 Å². The molecular weight excluding hydrogens is 168 g/mol. The molecule has 1 aromatic heterocycles. The van der Waals surface area contributed by atoms with E-state index in [1.165, 1.54) is 0 Å². The van der Waals surface area contributed by atoms with Gasteiger partial charge in [0.05, 0.1) is 18.9 Å². The molecule has 4 nitrogen and oxygen atoms in total. The van der Waals surface area contributed by atoms with E-state index < -0.39 is 5.60 Å². The Morgan fingerprint density at radius 3 is 3.00 bits per heavy atom. The maximum absolute atomic E-state index is 10.2. The van der Waals surface area contributed by atoms with Crippen molar-refractivity contribution in [2.24, 2.45) is 13.0 Å². The second-order valence-electron chi connectivity index (χ2n) is 3.72. The monoisotopic (exact) mass is 182 g/mol. The van der Waals surface area contributed by atoms with Crippen molar-refractivity contribution >= 4 is 0 Å². The minimum absolute atomic E-state index is 0.113. The number of aryl methyl sites for hydroxylation is 1. The molecule has 1 aliphatic rings. The molecule has 1 aromatic rings. The highest BCUT2D eigenvalue weighted by molar-refractivity contribution is 5.13. The van der Waals surface area contributed by atoms with Crippen LogP contribution in [0, 0.1) is 5.92 Å². The predicted molar refractivity (Wildman–Crippen MR) is 47.1 cm³/mol. The zero-order valence-corrected chi connectivity index (χ0v) is 7.90. The largest absolute Gasteiger partial charge is 0.381 e. The lowest BCUT2D eigenvalue weighted by Crippen LogP contribution is -2.33. The molecule has 0 bridgehead atoms. The third kappa shape index (κ3) is 1.26. The Morgan fingerprint density at radius 2 is 2.54 bits per heavy atom. The molecule has 0 amide bonds. The van der Waals surface area contributed by atoms with E-state index in [2.05, 4.69) is 5.10 Å². The number of rotatable bonds is 1. The lowest BCUT2D eigenvalue weighted by molar-refractivity contribution is -0.00354. The van der Waals surface area contributed by atoms with Gasteiger partial charge in [-0.2, -0.15) is 5.10 Å². The summed E-state index contributed by atoms with van der Waals surface area (Å²) in [6.07, 6.45) is 1.83. The normalized spacial score (nSPS) is 33.9. The third-order valence-electron chi connectivity index (χ3n) is 2.66. The van der Waals surface area contributed by atoms with Gasteiger partial charge < -0.3 is 9.84 Å². The SMILES string of the molecule is CC1COCC1(O)c1ccn(C)n1. The smallest absolute Gasteiger partial charge is 0.136 e. The summed E-state index contributed by atoms with van der Waals surface area (Å²) in [5.74, 6) is 0.113. The van der Waals surface area contributed by atoms with Gasteiger partial charge in [-0.05, 0) is 6.07 Å². The van der Waals surface area contributed by atoms with Crippen molar-refractivity contribution in [3.05, 3.63) is 18.0 Å². The summed E-state index contributed by atoms with van der Waals surface area (Å²) in [5.41, 5.74) is -0.179. The van der Waals surface area contributed by atoms with Gasteiger partial charge in [-0.25, -0.2) is 0 Å². The van der Waals surface area contributed by atoms with Crippen molar-refractivity contribution in [3.8, 4) is 0 Å². The van der Waals surface area contributed by atoms with Crippen LogP contribution in [0.25, 0.3) is 0 Å². The van der Waals surface area contributed by atoms with Crippen molar-refractivity contribution in [1.29, 1.82) is 0 Å². The second kappa shape index (κ2) is 2.82. The molecule has 2 heterocycles. The second-order valence-corrected chi connectivity index (χ2v) is 3.72. The molecule has 0 radical (unpaired) electrons. The minimum atomic E-state index is -0.888. The van der Waals surface area contributed by atoms with Crippen molar-refractivity contribution in [3.63, 3.8) is 0 Å². The van der Waals surface area contributed by atoms with Crippen molar-refractivity contribution in [1.82, 2.24) is 9.78 Å². The Hall–Kier alpha value is -0.870. The maximum atomic E-state index is 10.2. The van der Waals surface area contributed by atoms with Crippen LogP contribution in [0.3, 0.4) is 0 Å². The van der Waals surface area contributed by atoms with E-state index >= 15 is 0 Å². The van der Waals surface area contributed by atoms with Crippen LogP contribution in [-0.2, 0) is 17.4 Å². The summed E-state index contributed by atoms with van der Waals surface area (Å²) >= 11 is 0. The Balaban J connectivity index is 2.33. The molecule has 1 saturated heterocycles. The highest BCUT2D eigenvalue weighted by Gasteiger charge is 2.42. The van der Waals surface area contributed by atoms with Crippen LogP contribution < -0.4 is 0 Å². The van der Waals surface area contributed by atoms with Gasteiger partial charge in [0.25, 0.3) is 0 Å². The molecule has 0 spiro atoms. The highest BCUT2D eigenvalue weighted by Crippen LogP contribution is 2.33. The fraction of sp³-hybridized carbons (Fsp3) is 0.667. The Bertz CT molecular complexity index is 310. The van der Waals surface area contributed by atoms with Crippen LogP contribution in [0.1, 0.15) is 12.6 Å². The summed E-state index contributed by atoms with van der Waals surface area (Å²) in [6.45, 7) is 2.93. The first-order valence-electron chi connectivity index (χ1n) is 4.43. The van der Waals surface area contributed by atoms with Crippen molar-refractivity contribution < 1.29 is 9.84 Å². The van der Waals surface area contributed by atoms with Crippen LogP contribution in [0.15, 0.2) is 12.3 Å². The first-order chi connectivity index (χ1) is 6.13. The number of aromatic nitrogens is 2. The lowest BCUT2D eigenvalue weighted by atomic mass is 9.89. The molecule has 2 rings (SSSR count). The van der Waals surface area contributed by atoms with Gasteiger partial charge in [0.1, 0.15) is 5.60 Å². The zero-order valence-electron chi connectivity index (χ0n) is 7.90. The fourth-order valence-electron chi connectivity index (χ4n) is 1.64. The van der Waals surface area contributed by atoms with Crippen molar-refractivity contribution in [2.45, 2.75) is 12.5 Å². The predicted octanol–water partition coefficient (Wildman–Crippen LogP) is 0.274. The van der Waals surface area contributed by atoms with Gasteiger partial charge in [-0.15, -0.1) is 0 Å². The first kappa shape index (κ1) is 8.72. The molecule has 2 atom stereocenters. The molecular formula is C9H14N2O2. The molecule has 72 valence electrons. The number of ether oxygens (including phenoxy) is 1. The van der Waals surface area contributed by atoms with Gasteiger partial charge in [-0.3, -0.25) is 4.68 Å². The summed E-state index contributed by atoms with van der Waals surface area (Å²) in [5, 5.41) is 14.4. The number of hydrogen-bond donors (Lipinski definition) is 1. The highest BCUT2D eigenvalue weighted by atomic mass is 16.5. The van der Waals surface area contributed by atoms with E-state index in [-0.39, 0.29) is 5.92 Å². The van der Waals surface area contributed by atoms with Gasteiger partial charge in [0.2, 0.25) is 0 Å². The Labute approximate surface area is 77.1 Å². The van der Waals surface area contributed by atoms with Crippen LogP contribution in [-0.4, -0.2) is 28.1 Å². The molecule has 0 aromatic carbocycles. The van der Waals surface area contributed by atoms with Gasteiger partial charge in [0, 0.05) is 19.2 Å². The Morgan fingerprint density at radius 1 is 1.77 bits per heavy atom. The van der Waals surface area contributed by atoms with Crippen LogP contribution in [0.4, 0.5) is 0 Å². The summed E-state index contributed by atoms with van der Waals surface area (Å²) in [6, 6.07) is 1.84. The van der Waals surface area contributed by atoms with E-state index in [0.717, 1.165) is 0 Å². The number of hydrogen-bond acceptors (Lipinski definition) is 3. The van der Waals surface area contributed by atoms with E-state index in [1.807, 2.05) is 26.2 Å². The zero-order chi connectivity index (χ0) is 9.47. The standard InChI is InChI=1S/C9H14N2O2/c1-7-5-13-6-9(7,12)8-3-4-11(2)10-8/h3-4,7,12H,5-6H2,1-2H3. The quantitative estimate of drug-likeness (QED) is 0.678. The summed E-state index contributed by atoms with van der Waals surface area (Å²) in [7, 11) is 1.84. The van der Waals surface area contributed by atoms with Crippen LogP contribution in [0.5, 0.6) is 0 Å². The maximum Gasteiger partial charge on any atom is 0.136 e. The van der Waals surface area contributed by atoms with Crippen LogP contribution >= 0.6 is 0 Å². The van der Waals surface area contributed by atoms with Crippen molar-refractivity contribution in [2.75, 3.05) is 13.2 Å². The molecule has 13 heavy (non-hydrogen) atoms. The lowest BCUT2D eigenvalue weighted by Gasteiger charge is -2.22. The molecule has 1 N–H and O–H groups in total. The molecule has 2 unspecified atom stereocenters. The van der Waals surface area contributed by atoms with E-state index in [4.69, 9.17) is 4.74 Å². The summed E-state index contributed by atoms with van der Waals surface area (Å²) in [4.78, 5) is 0. The molecule has 0 aliphatic carbocycles. The van der Waals surface area contributed by atoms with Gasteiger partial charge >= 0.3 is 0 Å². The molecule has 1 aliphatic heterocycles. The number of aliphatic hydroxyl groups is 1. The molecule has 0 saturated carbocycles. The third-order valence-corrected chi connectivity index (χ3v) is 2.66.